The number of aromatic amines is 1. The monoisotopic (exact) mass is 253 g/mol. The summed E-state index contributed by atoms with van der Waals surface area (Å²) >= 11 is 0. The number of nitrogens with one attached hydrogen (secondary N) is 2. The number of carbonyl (C=O) groups is 1. The third-order valence-electron chi connectivity index (χ3n) is 4.71. The molecule has 1 aromatic carbocycles. The van der Waals surface area contributed by atoms with Crippen molar-refractivity contribution in [3.05, 3.63) is 47.2 Å². The van der Waals surface area contributed by atoms with Crippen LogP contribution in [0.4, 0.5) is 0 Å². The standard InChI is InChI=1S/C16H16N2O/c1-18-8-10(9-19)5-13-12-3-2-4-14-16(12)11(7-17-14)6-15(13)18/h2-5,7,9,13,15,17H,6,8H2,1H3/p+1/t13-,15-/m1/s1. The van der Waals surface area contributed by atoms with Crippen molar-refractivity contribution < 1.29 is 9.69 Å². The maximum Gasteiger partial charge on any atom is 0.151 e. The fourth-order valence-electron chi connectivity index (χ4n) is 3.82. The van der Waals surface area contributed by atoms with Crippen molar-refractivity contribution >= 4 is 17.2 Å². The molecule has 1 unspecified atom stereocenters. The number of aldehydes is 1. The average molecular weight is 253 g/mol. The maximum atomic E-state index is 11.1. The van der Waals surface area contributed by atoms with Gasteiger partial charge in [0.1, 0.15) is 12.6 Å². The van der Waals surface area contributed by atoms with E-state index in [-0.39, 0.29) is 0 Å². The molecule has 96 valence electrons. The van der Waals surface area contributed by atoms with Crippen LogP contribution >= 0.6 is 0 Å². The van der Waals surface area contributed by atoms with Crippen LogP contribution in [0.15, 0.2) is 36.0 Å². The highest BCUT2D eigenvalue weighted by atomic mass is 16.1. The number of rotatable bonds is 1. The molecule has 3 atom stereocenters. The Morgan fingerprint density at radius 1 is 1.42 bits per heavy atom. The summed E-state index contributed by atoms with van der Waals surface area (Å²) in [6, 6.07) is 7.01. The van der Waals surface area contributed by atoms with E-state index in [1.165, 1.54) is 26.9 Å². The quantitative estimate of drug-likeness (QED) is 0.726. The van der Waals surface area contributed by atoms with E-state index < -0.39 is 0 Å². The number of aromatic nitrogens is 1. The molecule has 0 saturated heterocycles. The number of hydrogen-bond donors (Lipinski definition) is 2. The molecular weight excluding hydrogens is 236 g/mol. The predicted octanol–water partition coefficient (Wildman–Crippen LogP) is 0.830. The summed E-state index contributed by atoms with van der Waals surface area (Å²) in [6.45, 7) is 0.848. The van der Waals surface area contributed by atoms with Crippen molar-refractivity contribution in [1.29, 1.82) is 0 Å². The van der Waals surface area contributed by atoms with Gasteiger partial charge in [0.25, 0.3) is 0 Å². The molecule has 3 nitrogen and oxygen atoms in total. The molecule has 2 N–H and O–H groups in total. The predicted molar refractivity (Wildman–Crippen MR) is 74.4 cm³/mol. The molecule has 0 fully saturated rings. The third kappa shape index (κ3) is 1.45. The molecule has 0 radical (unpaired) electrons. The van der Waals surface area contributed by atoms with Crippen molar-refractivity contribution in [3.8, 4) is 0 Å². The Morgan fingerprint density at radius 3 is 3.16 bits per heavy atom. The van der Waals surface area contributed by atoms with E-state index in [1.54, 1.807) is 0 Å². The highest BCUT2D eigenvalue weighted by molar-refractivity contribution is 5.89. The zero-order valence-electron chi connectivity index (χ0n) is 10.9. The van der Waals surface area contributed by atoms with Crippen LogP contribution < -0.4 is 4.90 Å². The molecule has 1 aliphatic carbocycles. The summed E-state index contributed by atoms with van der Waals surface area (Å²) in [5, 5.41) is 1.37. The minimum atomic E-state index is 0.376. The lowest BCUT2D eigenvalue weighted by atomic mass is 9.77. The van der Waals surface area contributed by atoms with Crippen LogP contribution in [-0.2, 0) is 11.2 Å². The first kappa shape index (κ1) is 11.0. The van der Waals surface area contributed by atoms with Gasteiger partial charge >= 0.3 is 0 Å². The molecule has 2 aliphatic rings. The van der Waals surface area contributed by atoms with Gasteiger partial charge < -0.3 is 9.88 Å². The Bertz CT molecular complexity index is 698. The fraction of sp³-hybridized carbons (Fsp3) is 0.312. The molecule has 0 bridgehead atoms. The molecule has 19 heavy (non-hydrogen) atoms. The lowest BCUT2D eigenvalue weighted by Crippen LogP contribution is -3.15. The van der Waals surface area contributed by atoms with Gasteiger partial charge in [0.15, 0.2) is 6.29 Å². The van der Waals surface area contributed by atoms with Crippen LogP contribution in [0.3, 0.4) is 0 Å². The SMILES string of the molecule is C[NH+]1CC(C=O)=C[C@@H]2c3cccc4[nH]cc(c34)C[C@H]21. The van der Waals surface area contributed by atoms with Gasteiger partial charge in [-0.15, -0.1) is 0 Å². The summed E-state index contributed by atoms with van der Waals surface area (Å²) in [4.78, 5) is 15.9. The zero-order chi connectivity index (χ0) is 13.0. The molecule has 2 heterocycles. The van der Waals surface area contributed by atoms with Gasteiger partial charge in [0, 0.05) is 29.1 Å². The zero-order valence-corrected chi connectivity index (χ0v) is 10.9. The summed E-state index contributed by atoms with van der Waals surface area (Å²) in [5.41, 5.74) is 4.96. The van der Waals surface area contributed by atoms with Gasteiger partial charge in [-0.3, -0.25) is 4.79 Å². The number of benzene rings is 1. The maximum absolute atomic E-state index is 11.1. The Balaban J connectivity index is 1.97. The normalized spacial score (nSPS) is 28.9. The molecule has 0 saturated carbocycles. The smallest absolute Gasteiger partial charge is 0.151 e. The van der Waals surface area contributed by atoms with Gasteiger partial charge in [-0.1, -0.05) is 18.2 Å². The van der Waals surface area contributed by atoms with Crippen molar-refractivity contribution in [3.63, 3.8) is 0 Å². The van der Waals surface area contributed by atoms with Crippen LogP contribution in [0.1, 0.15) is 17.0 Å². The fourth-order valence-corrected chi connectivity index (χ4v) is 3.82. The van der Waals surface area contributed by atoms with Crippen LogP contribution in [0.2, 0.25) is 0 Å². The average Bonchev–Trinajstić information content (AvgIpc) is 2.85. The Morgan fingerprint density at radius 2 is 2.32 bits per heavy atom. The van der Waals surface area contributed by atoms with Gasteiger partial charge in [-0.05, 0) is 17.2 Å². The van der Waals surface area contributed by atoms with E-state index in [9.17, 15) is 4.79 Å². The third-order valence-corrected chi connectivity index (χ3v) is 4.71. The number of hydrogen-bond acceptors (Lipinski definition) is 1. The highest BCUT2D eigenvalue weighted by Gasteiger charge is 2.38. The minimum Gasteiger partial charge on any atom is -0.361 e. The topological polar surface area (TPSA) is 37.3 Å². The number of carbonyl (C=O) groups excluding carboxylic acids is 1. The van der Waals surface area contributed by atoms with E-state index in [4.69, 9.17) is 0 Å². The van der Waals surface area contributed by atoms with Gasteiger partial charge in [0.05, 0.1) is 13.0 Å². The first-order valence-corrected chi connectivity index (χ1v) is 6.85. The summed E-state index contributed by atoms with van der Waals surface area (Å²) in [7, 11) is 2.20. The second-order valence-electron chi connectivity index (χ2n) is 5.80. The van der Waals surface area contributed by atoms with Crippen molar-refractivity contribution in [2.24, 2.45) is 0 Å². The Hall–Kier alpha value is -1.87. The molecule has 0 amide bonds. The van der Waals surface area contributed by atoms with Crippen LogP contribution in [0.25, 0.3) is 10.9 Å². The van der Waals surface area contributed by atoms with E-state index in [2.05, 4.69) is 42.5 Å². The van der Waals surface area contributed by atoms with Crippen molar-refractivity contribution in [2.45, 2.75) is 18.4 Å². The minimum absolute atomic E-state index is 0.376. The second kappa shape index (κ2) is 3.81. The molecular formula is C16H17N2O+. The van der Waals surface area contributed by atoms with Crippen LogP contribution in [0.5, 0.6) is 0 Å². The summed E-state index contributed by atoms with van der Waals surface area (Å²) < 4.78 is 0. The lowest BCUT2D eigenvalue weighted by molar-refractivity contribution is -0.903. The van der Waals surface area contributed by atoms with E-state index in [0.29, 0.717) is 12.0 Å². The van der Waals surface area contributed by atoms with Gasteiger partial charge in [0.2, 0.25) is 0 Å². The first-order chi connectivity index (χ1) is 9.28. The van der Waals surface area contributed by atoms with Crippen molar-refractivity contribution in [2.75, 3.05) is 13.6 Å². The lowest BCUT2D eigenvalue weighted by Gasteiger charge is -2.37. The molecule has 0 spiro atoms. The molecule has 1 aliphatic heterocycles. The number of fused-ring (bicyclic) bond motifs is 2. The number of quaternary nitrogens is 1. The molecule has 3 heteroatoms. The highest BCUT2D eigenvalue weighted by Crippen LogP contribution is 2.37. The van der Waals surface area contributed by atoms with E-state index in [0.717, 1.165) is 24.8 Å². The number of H-pyrrole nitrogens is 1. The van der Waals surface area contributed by atoms with E-state index in [1.807, 2.05) is 0 Å². The van der Waals surface area contributed by atoms with Gasteiger partial charge in [-0.2, -0.15) is 0 Å². The summed E-state index contributed by atoms with van der Waals surface area (Å²) in [6.07, 6.45) is 6.45. The molecule has 2 aromatic rings. The Labute approximate surface area is 111 Å². The van der Waals surface area contributed by atoms with E-state index >= 15 is 0 Å². The molecule has 4 rings (SSSR count). The largest absolute Gasteiger partial charge is 0.361 e. The summed E-state index contributed by atoms with van der Waals surface area (Å²) in [5.74, 6) is 0.376. The number of likely N-dealkylation sites (N-methyl/N-ethyl adjacent to an activating group) is 1. The first-order valence-electron chi connectivity index (χ1n) is 6.85. The molecule has 1 aromatic heterocycles. The second-order valence-corrected chi connectivity index (χ2v) is 5.80. The Kier molecular flexibility index (Phi) is 2.21. The van der Waals surface area contributed by atoms with Crippen molar-refractivity contribution in [1.82, 2.24) is 4.98 Å². The van der Waals surface area contributed by atoms with Crippen LogP contribution in [0, 0.1) is 0 Å². The van der Waals surface area contributed by atoms with Gasteiger partial charge in [-0.25, -0.2) is 0 Å². The van der Waals surface area contributed by atoms with Crippen LogP contribution in [-0.4, -0.2) is 30.9 Å².